The van der Waals surface area contributed by atoms with Gasteiger partial charge in [-0.2, -0.15) is 5.26 Å². The molecule has 0 radical (unpaired) electrons. The van der Waals surface area contributed by atoms with Crippen LogP contribution < -0.4 is 4.74 Å². The van der Waals surface area contributed by atoms with Gasteiger partial charge in [0.25, 0.3) is 0 Å². The van der Waals surface area contributed by atoms with E-state index in [1.54, 1.807) is 18.2 Å². The SMILES string of the molecule is Cc1cc(Oc2cc(Cl)ccc2C)ccc1C#N. The van der Waals surface area contributed by atoms with E-state index in [1.165, 1.54) is 0 Å². The second kappa shape index (κ2) is 5.12. The molecule has 0 atom stereocenters. The summed E-state index contributed by atoms with van der Waals surface area (Å²) in [5, 5.41) is 9.51. The first-order valence-electron chi connectivity index (χ1n) is 5.55. The summed E-state index contributed by atoms with van der Waals surface area (Å²) >= 11 is 5.94. The number of halogens is 1. The maximum Gasteiger partial charge on any atom is 0.131 e. The van der Waals surface area contributed by atoms with Crippen LogP contribution in [0, 0.1) is 25.2 Å². The number of rotatable bonds is 2. The Morgan fingerprint density at radius 2 is 1.83 bits per heavy atom. The van der Waals surface area contributed by atoms with Gasteiger partial charge in [-0.15, -0.1) is 0 Å². The van der Waals surface area contributed by atoms with Crippen LogP contribution >= 0.6 is 11.6 Å². The number of ether oxygens (including phenoxy) is 1. The third-order valence-corrected chi connectivity index (χ3v) is 2.93. The molecule has 2 rings (SSSR count). The van der Waals surface area contributed by atoms with Gasteiger partial charge >= 0.3 is 0 Å². The van der Waals surface area contributed by atoms with Gasteiger partial charge in [-0.05, 0) is 55.3 Å². The lowest BCUT2D eigenvalue weighted by molar-refractivity contribution is 0.478. The van der Waals surface area contributed by atoms with Crippen molar-refractivity contribution < 1.29 is 4.74 Å². The molecule has 0 fully saturated rings. The normalized spacial score (nSPS) is 9.89. The molecule has 0 aromatic heterocycles. The van der Waals surface area contributed by atoms with Crippen LogP contribution in [0.5, 0.6) is 11.5 Å². The Morgan fingerprint density at radius 1 is 1.06 bits per heavy atom. The van der Waals surface area contributed by atoms with E-state index in [0.29, 0.717) is 16.3 Å². The molecule has 0 aliphatic heterocycles. The fourth-order valence-corrected chi connectivity index (χ4v) is 1.80. The van der Waals surface area contributed by atoms with E-state index in [4.69, 9.17) is 21.6 Å². The van der Waals surface area contributed by atoms with Gasteiger partial charge in [-0.1, -0.05) is 17.7 Å². The highest BCUT2D eigenvalue weighted by Crippen LogP contribution is 2.28. The van der Waals surface area contributed by atoms with Crippen molar-refractivity contribution in [3.05, 3.63) is 58.1 Å². The lowest BCUT2D eigenvalue weighted by Crippen LogP contribution is -1.89. The van der Waals surface area contributed by atoms with Crippen LogP contribution in [0.25, 0.3) is 0 Å². The van der Waals surface area contributed by atoms with Crippen molar-refractivity contribution in [2.24, 2.45) is 0 Å². The number of benzene rings is 2. The van der Waals surface area contributed by atoms with E-state index >= 15 is 0 Å². The van der Waals surface area contributed by atoms with Gasteiger partial charge in [0, 0.05) is 5.02 Å². The highest BCUT2D eigenvalue weighted by molar-refractivity contribution is 6.30. The molecule has 0 aliphatic rings. The van der Waals surface area contributed by atoms with Crippen molar-refractivity contribution in [2.45, 2.75) is 13.8 Å². The maximum absolute atomic E-state index is 8.87. The lowest BCUT2D eigenvalue weighted by Gasteiger charge is -2.10. The molecule has 0 unspecified atom stereocenters. The van der Waals surface area contributed by atoms with E-state index in [9.17, 15) is 0 Å². The van der Waals surface area contributed by atoms with E-state index in [2.05, 4.69) is 6.07 Å². The first-order valence-corrected chi connectivity index (χ1v) is 5.92. The van der Waals surface area contributed by atoms with Crippen molar-refractivity contribution in [1.29, 1.82) is 5.26 Å². The first kappa shape index (κ1) is 12.5. The second-order valence-corrected chi connectivity index (χ2v) is 4.54. The summed E-state index contributed by atoms with van der Waals surface area (Å²) in [6, 6.07) is 13.0. The average Bonchev–Trinajstić information content (AvgIpc) is 2.34. The molecule has 18 heavy (non-hydrogen) atoms. The van der Waals surface area contributed by atoms with Gasteiger partial charge < -0.3 is 4.74 Å². The van der Waals surface area contributed by atoms with Crippen molar-refractivity contribution in [2.75, 3.05) is 0 Å². The molecule has 2 aromatic rings. The van der Waals surface area contributed by atoms with Gasteiger partial charge in [0.15, 0.2) is 0 Å². The minimum atomic E-state index is 0.640. The monoisotopic (exact) mass is 257 g/mol. The molecule has 3 heteroatoms. The van der Waals surface area contributed by atoms with E-state index < -0.39 is 0 Å². The Bertz CT molecular complexity index is 629. The van der Waals surface area contributed by atoms with Crippen LogP contribution in [-0.4, -0.2) is 0 Å². The molecule has 0 aliphatic carbocycles. The van der Waals surface area contributed by atoms with Crippen LogP contribution in [-0.2, 0) is 0 Å². The third kappa shape index (κ3) is 2.64. The summed E-state index contributed by atoms with van der Waals surface area (Å²) < 4.78 is 5.78. The van der Waals surface area contributed by atoms with Crippen molar-refractivity contribution in [3.63, 3.8) is 0 Å². The summed E-state index contributed by atoms with van der Waals surface area (Å²) in [5.41, 5.74) is 2.57. The molecule has 2 aromatic carbocycles. The molecular formula is C15H12ClNO. The Kier molecular flexibility index (Phi) is 3.55. The zero-order valence-corrected chi connectivity index (χ0v) is 11.0. The minimum Gasteiger partial charge on any atom is -0.457 e. The molecule has 0 spiro atoms. The fraction of sp³-hybridized carbons (Fsp3) is 0.133. The molecule has 0 saturated heterocycles. The number of hydrogen-bond acceptors (Lipinski definition) is 2. The van der Waals surface area contributed by atoms with Crippen molar-refractivity contribution in [3.8, 4) is 17.6 Å². The van der Waals surface area contributed by atoms with Gasteiger partial charge in [0.2, 0.25) is 0 Å². The predicted molar refractivity (Wildman–Crippen MR) is 72.2 cm³/mol. The third-order valence-electron chi connectivity index (χ3n) is 2.70. The Labute approximate surface area is 111 Å². The molecule has 2 nitrogen and oxygen atoms in total. The number of hydrogen-bond donors (Lipinski definition) is 0. The minimum absolute atomic E-state index is 0.640. The standard InChI is InChI=1S/C15H12ClNO/c1-10-3-5-13(16)8-15(10)18-14-6-4-12(9-17)11(2)7-14/h3-8H,1-2H3. The first-order chi connectivity index (χ1) is 8.60. The Hall–Kier alpha value is -1.98. The van der Waals surface area contributed by atoms with Crippen LogP contribution in [0.3, 0.4) is 0 Å². The highest BCUT2D eigenvalue weighted by atomic mass is 35.5. The van der Waals surface area contributed by atoms with E-state index in [1.807, 2.05) is 32.0 Å². The summed E-state index contributed by atoms with van der Waals surface area (Å²) in [7, 11) is 0. The second-order valence-electron chi connectivity index (χ2n) is 4.10. The van der Waals surface area contributed by atoms with Crippen molar-refractivity contribution >= 4 is 11.6 Å². The topological polar surface area (TPSA) is 33.0 Å². The molecule has 0 amide bonds. The van der Waals surface area contributed by atoms with Crippen LogP contribution in [0.1, 0.15) is 16.7 Å². The van der Waals surface area contributed by atoms with Crippen LogP contribution in [0.15, 0.2) is 36.4 Å². The number of nitriles is 1. The van der Waals surface area contributed by atoms with Crippen LogP contribution in [0.2, 0.25) is 5.02 Å². The Morgan fingerprint density at radius 3 is 2.50 bits per heavy atom. The molecule has 0 N–H and O–H groups in total. The van der Waals surface area contributed by atoms with Gasteiger partial charge in [-0.25, -0.2) is 0 Å². The van der Waals surface area contributed by atoms with E-state index in [-0.39, 0.29) is 0 Å². The molecular weight excluding hydrogens is 246 g/mol. The summed E-state index contributed by atoms with van der Waals surface area (Å²) in [6.45, 7) is 3.85. The summed E-state index contributed by atoms with van der Waals surface area (Å²) in [4.78, 5) is 0. The van der Waals surface area contributed by atoms with Crippen molar-refractivity contribution in [1.82, 2.24) is 0 Å². The maximum atomic E-state index is 8.87. The fourth-order valence-electron chi connectivity index (χ4n) is 1.64. The number of aryl methyl sites for hydroxylation is 2. The largest absolute Gasteiger partial charge is 0.457 e. The molecule has 0 saturated carbocycles. The lowest BCUT2D eigenvalue weighted by atomic mass is 10.1. The smallest absolute Gasteiger partial charge is 0.131 e. The molecule has 90 valence electrons. The van der Waals surface area contributed by atoms with Gasteiger partial charge in [0.05, 0.1) is 11.6 Å². The zero-order valence-electron chi connectivity index (χ0n) is 10.2. The number of nitrogens with zero attached hydrogens (tertiary/aromatic N) is 1. The van der Waals surface area contributed by atoms with Gasteiger partial charge in [0.1, 0.15) is 11.5 Å². The molecule has 0 bridgehead atoms. The van der Waals surface area contributed by atoms with Gasteiger partial charge in [-0.3, -0.25) is 0 Å². The summed E-state index contributed by atoms with van der Waals surface area (Å²) in [6.07, 6.45) is 0. The average molecular weight is 258 g/mol. The van der Waals surface area contributed by atoms with E-state index in [0.717, 1.165) is 16.9 Å². The quantitative estimate of drug-likeness (QED) is 0.786. The van der Waals surface area contributed by atoms with Crippen LogP contribution in [0.4, 0.5) is 0 Å². The summed E-state index contributed by atoms with van der Waals surface area (Å²) in [5.74, 6) is 1.43. The predicted octanol–water partition coefficient (Wildman–Crippen LogP) is 4.62. The highest BCUT2D eigenvalue weighted by Gasteiger charge is 2.04. The molecule has 0 heterocycles. The Balaban J connectivity index is 2.32. The zero-order chi connectivity index (χ0) is 13.1.